The Morgan fingerprint density at radius 2 is 1.15 bits per heavy atom. The Kier molecular flexibility index (Phi) is 3.05. The van der Waals surface area contributed by atoms with E-state index in [1.54, 1.807) is 22.7 Å². The van der Waals surface area contributed by atoms with Gasteiger partial charge in [0, 0.05) is 10.8 Å². The van der Waals surface area contributed by atoms with Gasteiger partial charge >= 0.3 is 0 Å². The van der Waals surface area contributed by atoms with Gasteiger partial charge in [-0.1, -0.05) is 0 Å². The molecule has 0 atom stereocenters. The molecule has 2 aliphatic heterocycles. The fourth-order valence-electron chi connectivity index (χ4n) is 2.15. The van der Waals surface area contributed by atoms with Crippen molar-refractivity contribution in [2.24, 2.45) is 0 Å². The van der Waals surface area contributed by atoms with E-state index >= 15 is 0 Å². The van der Waals surface area contributed by atoms with Gasteiger partial charge in [0.15, 0.2) is 23.0 Å². The van der Waals surface area contributed by atoms with Crippen LogP contribution in [0.2, 0.25) is 0 Å². The Labute approximate surface area is 124 Å². The molecule has 0 saturated carbocycles. The summed E-state index contributed by atoms with van der Waals surface area (Å²) >= 11 is 3.24. The lowest BCUT2D eigenvalue weighted by Crippen LogP contribution is -2.14. The third-order valence-corrected chi connectivity index (χ3v) is 4.86. The van der Waals surface area contributed by atoms with Crippen molar-refractivity contribution >= 4 is 34.8 Å². The molecule has 2 aliphatic rings. The first-order valence-electron chi connectivity index (χ1n) is 6.34. The van der Waals surface area contributed by atoms with Crippen LogP contribution in [0.25, 0.3) is 12.2 Å². The van der Waals surface area contributed by atoms with E-state index in [-0.39, 0.29) is 0 Å². The van der Waals surface area contributed by atoms with Crippen molar-refractivity contribution in [3.8, 4) is 23.0 Å². The highest BCUT2D eigenvalue weighted by Crippen LogP contribution is 2.43. The van der Waals surface area contributed by atoms with Crippen LogP contribution in [0.3, 0.4) is 0 Å². The van der Waals surface area contributed by atoms with Crippen LogP contribution in [0.1, 0.15) is 9.75 Å². The molecule has 4 rings (SSSR count). The lowest BCUT2D eigenvalue weighted by atomic mass is 10.3. The second-order valence-electron chi connectivity index (χ2n) is 4.31. The van der Waals surface area contributed by atoms with Crippen molar-refractivity contribution in [3.05, 3.63) is 20.5 Å². The lowest BCUT2D eigenvalue weighted by Gasteiger charge is -2.15. The first-order chi connectivity index (χ1) is 9.92. The Hall–Kier alpha value is -1.66. The van der Waals surface area contributed by atoms with E-state index in [0.717, 1.165) is 32.8 Å². The quantitative estimate of drug-likeness (QED) is 0.850. The molecule has 20 heavy (non-hydrogen) atoms. The second-order valence-corrected chi connectivity index (χ2v) is 6.14. The third kappa shape index (κ3) is 2.05. The summed E-state index contributed by atoms with van der Waals surface area (Å²) in [5.74, 6) is 3.38. The molecule has 0 fully saturated rings. The van der Waals surface area contributed by atoms with Crippen molar-refractivity contribution in [3.63, 3.8) is 0 Å². The van der Waals surface area contributed by atoms with Crippen molar-refractivity contribution in [1.82, 2.24) is 0 Å². The molecule has 0 unspecified atom stereocenters. The first kappa shape index (κ1) is 12.1. The smallest absolute Gasteiger partial charge is 0.179 e. The van der Waals surface area contributed by atoms with Crippen LogP contribution in [0.5, 0.6) is 23.0 Å². The molecule has 0 spiro atoms. The third-order valence-electron chi connectivity index (χ3n) is 3.04. The molecule has 2 aromatic heterocycles. The Balaban J connectivity index is 1.62. The number of fused-ring (bicyclic) bond motifs is 2. The first-order valence-corrected chi connectivity index (χ1v) is 8.10. The second kappa shape index (κ2) is 5.03. The molecule has 0 bridgehead atoms. The van der Waals surface area contributed by atoms with E-state index in [4.69, 9.17) is 18.9 Å². The molecule has 104 valence electrons. The number of rotatable bonds is 2. The highest BCUT2D eigenvalue weighted by atomic mass is 32.1. The molecule has 0 aromatic carbocycles. The molecule has 0 N–H and O–H groups in total. The summed E-state index contributed by atoms with van der Waals surface area (Å²) in [6, 6.07) is 0. The van der Waals surface area contributed by atoms with Crippen LogP contribution in [0.15, 0.2) is 10.8 Å². The standard InChI is InChI=1S/C14H12O4S2/c1(11-13-9(7-19-11)15-3-5-17-13)2-12-14-10(8-20-12)16-4-6-18-14/h1-2,7-8H,3-6H2/b2-1+. The van der Waals surface area contributed by atoms with Crippen molar-refractivity contribution in [2.45, 2.75) is 0 Å². The Bertz CT molecular complexity index is 600. The van der Waals surface area contributed by atoms with Crippen LogP contribution in [0.4, 0.5) is 0 Å². The SMILES string of the molecule is C(=C\c1scc2c1OCCO2)/c1scc2c1OCCO2. The van der Waals surface area contributed by atoms with Gasteiger partial charge in [-0.05, 0) is 12.2 Å². The van der Waals surface area contributed by atoms with E-state index in [2.05, 4.69) is 0 Å². The van der Waals surface area contributed by atoms with Gasteiger partial charge in [-0.25, -0.2) is 0 Å². The number of thiophene rings is 2. The summed E-state index contributed by atoms with van der Waals surface area (Å²) in [6.07, 6.45) is 4.09. The molecular weight excluding hydrogens is 296 g/mol. The zero-order chi connectivity index (χ0) is 13.4. The molecule has 0 aliphatic carbocycles. The minimum Gasteiger partial charge on any atom is -0.485 e. The van der Waals surface area contributed by atoms with Gasteiger partial charge in [-0.2, -0.15) is 0 Å². The van der Waals surface area contributed by atoms with Gasteiger partial charge in [-0.3, -0.25) is 0 Å². The highest BCUT2D eigenvalue weighted by molar-refractivity contribution is 7.12. The zero-order valence-electron chi connectivity index (χ0n) is 10.6. The monoisotopic (exact) mass is 308 g/mol. The molecule has 0 radical (unpaired) electrons. The predicted octanol–water partition coefficient (Wildman–Crippen LogP) is 3.52. The number of ether oxygens (including phenoxy) is 4. The summed E-state index contributed by atoms with van der Waals surface area (Å²) in [6.45, 7) is 2.46. The Morgan fingerprint density at radius 1 is 0.700 bits per heavy atom. The largest absolute Gasteiger partial charge is 0.485 e. The van der Waals surface area contributed by atoms with Crippen LogP contribution in [0, 0.1) is 0 Å². The summed E-state index contributed by atoms with van der Waals surface area (Å²) in [4.78, 5) is 2.14. The highest BCUT2D eigenvalue weighted by Gasteiger charge is 2.19. The van der Waals surface area contributed by atoms with E-state index < -0.39 is 0 Å². The van der Waals surface area contributed by atoms with Gasteiger partial charge in [-0.15, -0.1) is 22.7 Å². The van der Waals surface area contributed by atoms with Gasteiger partial charge < -0.3 is 18.9 Å². The molecule has 0 saturated heterocycles. The number of hydrogen-bond acceptors (Lipinski definition) is 6. The molecule has 4 nitrogen and oxygen atoms in total. The predicted molar refractivity (Wildman–Crippen MR) is 79.5 cm³/mol. The maximum atomic E-state index is 5.66. The summed E-state index contributed by atoms with van der Waals surface area (Å²) in [5, 5.41) is 3.97. The van der Waals surface area contributed by atoms with Gasteiger partial charge in [0.2, 0.25) is 0 Å². The maximum absolute atomic E-state index is 5.66. The fourth-order valence-corrected chi connectivity index (χ4v) is 3.79. The molecule has 2 aromatic rings. The van der Waals surface area contributed by atoms with Crippen LogP contribution < -0.4 is 18.9 Å². The molecule has 4 heterocycles. The summed E-state index contributed by atoms with van der Waals surface area (Å²) in [5.41, 5.74) is 0. The van der Waals surface area contributed by atoms with Gasteiger partial charge in [0.25, 0.3) is 0 Å². The average Bonchev–Trinajstić information content (AvgIpc) is 3.09. The topological polar surface area (TPSA) is 36.9 Å². The van der Waals surface area contributed by atoms with E-state index in [9.17, 15) is 0 Å². The van der Waals surface area contributed by atoms with Crippen LogP contribution in [-0.2, 0) is 0 Å². The summed E-state index contributed by atoms with van der Waals surface area (Å²) < 4.78 is 22.4. The van der Waals surface area contributed by atoms with Crippen LogP contribution in [-0.4, -0.2) is 26.4 Å². The minimum atomic E-state index is 0.607. The fraction of sp³-hybridized carbons (Fsp3) is 0.286. The normalized spacial score (nSPS) is 16.6. The molecular formula is C14H12O4S2. The average molecular weight is 308 g/mol. The van der Waals surface area contributed by atoms with E-state index in [0.29, 0.717) is 26.4 Å². The van der Waals surface area contributed by atoms with Gasteiger partial charge in [0.05, 0.1) is 9.75 Å². The minimum absolute atomic E-state index is 0.607. The molecule has 6 heteroatoms. The van der Waals surface area contributed by atoms with Gasteiger partial charge in [0.1, 0.15) is 26.4 Å². The zero-order valence-corrected chi connectivity index (χ0v) is 12.2. The van der Waals surface area contributed by atoms with Crippen molar-refractivity contribution in [1.29, 1.82) is 0 Å². The summed E-state index contributed by atoms with van der Waals surface area (Å²) in [7, 11) is 0. The molecule has 0 amide bonds. The maximum Gasteiger partial charge on any atom is 0.179 e. The Morgan fingerprint density at radius 3 is 1.65 bits per heavy atom. The number of hydrogen-bond donors (Lipinski definition) is 0. The van der Waals surface area contributed by atoms with Crippen LogP contribution >= 0.6 is 22.7 Å². The van der Waals surface area contributed by atoms with Crippen molar-refractivity contribution < 1.29 is 18.9 Å². The van der Waals surface area contributed by atoms with E-state index in [1.165, 1.54) is 0 Å². The van der Waals surface area contributed by atoms with E-state index in [1.807, 2.05) is 22.9 Å². The lowest BCUT2D eigenvalue weighted by molar-refractivity contribution is 0.173. The van der Waals surface area contributed by atoms with Crippen molar-refractivity contribution in [2.75, 3.05) is 26.4 Å².